The van der Waals surface area contributed by atoms with Crippen LogP contribution in [0.15, 0.2) is 48.5 Å². The number of alkyl halides is 2. The Labute approximate surface area is 183 Å². The van der Waals surface area contributed by atoms with Gasteiger partial charge in [0.25, 0.3) is 18.2 Å². The van der Waals surface area contributed by atoms with E-state index in [1.165, 1.54) is 35.8 Å². The van der Waals surface area contributed by atoms with Crippen LogP contribution in [-0.4, -0.2) is 47.3 Å². The summed E-state index contributed by atoms with van der Waals surface area (Å²) in [6, 6.07) is 10.5. The molecule has 2 amide bonds. The van der Waals surface area contributed by atoms with Crippen LogP contribution in [0.5, 0.6) is 5.75 Å². The summed E-state index contributed by atoms with van der Waals surface area (Å²) in [5.41, 5.74) is -0.0974. The summed E-state index contributed by atoms with van der Waals surface area (Å²) in [7, 11) is 0.964. The standard InChI is InChI=1S/C23H20F2N2O5/c1-23(32-2,22(24)25)19(21(30)27-31)26-20(29)17-13-11-15(12-14-17)7-3-4-8-16-9-5-6-10-18(16)28/h5-6,9-14,19,22,28,31H,1-2H3,(H,26,29)(H,27,30). The van der Waals surface area contributed by atoms with Gasteiger partial charge in [0.1, 0.15) is 11.8 Å². The number of carbonyl (C=O) groups excluding carboxylic acids is 2. The molecule has 2 aromatic carbocycles. The van der Waals surface area contributed by atoms with E-state index < -0.39 is 29.9 Å². The molecule has 2 unspecified atom stereocenters. The lowest BCUT2D eigenvalue weighted by atomic mass is 9.95. The average molecular weight is 442 g/mol. The molecule has 0 aliphatic heterocycles. The van der Waals surface area contributed by atoms with Crippen LogP contribution in [0.3, 0.4) is 0 Å². The Kier molecular flexibility index (Phi) is 8.31. The first-order chi connectivity index (χ1) is 15.2. The molecule has 0 saturated heterocycles. The van der Waals surface area contributed by atoms with E-state index in [4.69, 9.17) is 9.94 Å². The molecule has 0 bridgehead atoms. The Morgan fingerprint density at radius 3 is 2.25 bits per heavy atom. The van der Waals surface area contributed by atoms with Crippen LogP contribution in [0, 0.1) is 23.7 Å². The van der Waals surface area contributed by atoms with E-state index in [2.05, 4.69) is 29.0 Å². The number of carbonyl (C=O) groups is 2. The molecule has 0 aliphatic rings. The lowest BCUT2D eigenvalue weighted by Crippen LogP contribution is -2.62. The minimum absolute atomic E-state index is 0.0433. The maximum absolute atomic E-state index is 13.4. The summed E-state index contributed by atoms with van der Waals surface area (Å²) in [6.45, 7) is 0.937. The highest BCUT2D eigenvalue weighted by Gasteiger charge is 2.48. The second kappa shape index (κ2) is 10.9. The Balaban J connectivity index is 2.15. The quantitative estimate of drug-likeness (QED) is 0.311. The molecule has 32 heavy (non-hydrogen) atoms. The number of hydroxylamine groups is 1. The van der Waals surface area contributed by atoms with Gasteiger partial charge in [-0.2, -0.15) is 0 Å². The van der Waals surface area contributed by atoms with E-state index in [0.29, 0.717) is 11.1 Å². The summed E-state index contributed by atoms with van der Waals surface area (Å²) in [5, 5.41) is 20.7. The van der Waals surface area contributed by atoms with Crippen molar-refractivity contribution in [3.63, 3.8) is 0 Å². The summed E-state index contributed by atoms with van der Waals surface area (Å²) < 4.78 is 31.6. The highest BCUT2D eigenvalue weighted by molar-refractivity contribution is 5.97. The van der Waals surface area contributed by atoms with E-state index in [0.717, 1.165) is 14.0 Å². The number of benzene rings is 2. The Hall–Kier alpha value is -3.92. The zero-order valence-corrected chi connectivity index (χ0v) is 17.1. The zero-order valence-electron chi connectivity index (χ0n) is 17.1. The maximum atomic E-state index is 13.4. The molecular formula is C23H20F2N2O5. The monoisotopic (exact) mass is 442 g/mol. The van der Waals surface area contributed by atoms with Crippen LogP contribution in [0.1, 0.15) is 28.4 Å². The van der Waals surface area contributed by atoms with E-state index >= 15 is 0 Å². The SMILES string of the molecule is COC(C)(C(F)F)C(NC(=O)c1ccc(C#CC#Cc2ccccc2O)cc1)C(=O)NO. The predicted octanol–water partition coefficient (Wildman–Crippen LogP) is 2.07. The summed E-state index contributed by atoms with van der Waals surface area (Å²) >= 11 is 0. The fourth-order valence-corrected chi connectivity index (χ4v) is 2.57. The molecule has 0 saturated carbocycles. The third-order valence-electron chi connectivity index (χ3n) is 4.61. The number of hydrogen-bond donors (Lipinski definition) is 4. The number of amides is 2. The van der Waals surface area contributed by atoms with Gasteiger partial charge in [-0.25, -0.2) is 14.3 Å². The van der Waals surface area contributed by atoms with Crippen molar-refractivity contribution in [2.45, 2.75) is 25.0 Å². The molecule has 0 aliphatic carbocycles. The van der Waals surface area contributed by atoms with E-state index in [-0.39, 0.29) is 11.3 Å². The summed E-state index contributed by atoms with van der Waals surface area (Å²) in [6.07, 6.45) is -3.13. The number of aromatic hydroxyl groups is 1. The van der Waals surface area contributed by atoms with Crippen molar-refractivity contribution in [1.29, 1.82) is 0 Å². The first-order valence-corrected chi connectivity index (χ1v) is 9.21. The van der Waals surface area contributed by atoms with Crippen molar-refractivity contribution in [2.24, 2.45) is 0 Å². The van der Waals surface area contributed by atoms with Crippen molar-refractivity contribution in [2.75, 3.05) is 7.11 Å². The van der Waals surface area contributed by atoms with Gasteiger partial charge in [-0.15, -0.1) is 0 Å². The van der Waals surface area contributed by atoms with E-state index in [1.807, 2.05) is 0 Å². The molecule has 4 N–H and O–H groups in total. The van der Waals surface area contributed by atoms with E-state index in [9.17, 15) is 23.5 Å². The molecule has 2 rings (SSSR count). The lowest BCUT2D eigenvalue weighted by Gasteiger charge is -2.34. The number of phenolic OH excluding ortho intramolecular Hbond substituents is 1. The number of halogens is 2. The van der Waals surface area contributed by atoms with Crippen molar-refractivity contribution < 1.29 is 33.4 Å². The molecule has 7 nitrogen and oxygen atoms in total. The van der Waals surface area contributed by atoms with Crippen LogP contribution in [0.2, 0.25) is 0 Å². The van der Waals surface area contributed by atoms with Gasteiger partial charge in [-0.3, -0.25) is 14.8 Å². The molecule has 0 spiro atoms. The number of hydrogen-bond acceptors (Lipinski definition) is 5. The molecule has 166 valence electrons. The second-order valence-electron chi connectivity index (χ2n) is 6.67. The third kappa shape index (κ3) is 5.82. The minimum atomic E-state index is -3.13. The fraction of sp³-hybridized carbons (Fsp3) is 0.217. The van der Waals surface area contributed by atoms with Crippen molar-refractivity contribution in [1.82, 2.24) is 10.8 Å². The fourth-order valence-electron chi connectivity index (χ4n) is 2.57. The lowest BCUT2D eigenvalue weighted by molar-refractivity contribution is -0.157. The number of nitrogens with one attached hydrogen (secondary N) is 2. The van der Waals surface area contributed by atoms with Crippen LogP contribution in [0.25, 0.3) is 0 Å². The molecular weight excluding hydrogens is 422 g/mol. The van der Waals surface area contributed by atoms with Crippen LogP contribution >= 0.6 is 0 Å². The molecule has 0 heterocycles. The molecule has 0 radical (unpaired) electrons. The van der Waals surface area contributed by atoms with Gasteiger partial charge in [0.2, 0.25) is 0 Å². The van der Waals surface area contributed by atoms with Crippen LogP contribution < -0.4 is 10.8 Å². The van der Waals surface area contributed by atoms with Gasteiger partial charge in [0.15, 0.2) is 5.60 Å². The maximum Gasteiger partial charge on any atom is 0.269 e. The smallest absolute Gasteiger partial charge is 0.269 e. The number of ether oxygens (including phenoxy) is 1. The van der Waals surface area contributed by atoms with Gasteiger partial charge >= 0.3 is 0 Å². The van der Waals surface area contributed by atoms with Gasteiger partial charge in [0, 0.05) is 18.2 Å². The first-order valence-electron chi connectivity index (χ1n) is 9.21. The zero-order chi connectivity index (χ0) is 23.7. The molecule has 2 aromatic rings. The molecule has 9 heteroatoms. The third-order valence-corrected chi connectivity index (χ3v) is 4.61. The predicted molar refractivity (Wildman–Crippen MR) is 111 cm³/mol. The highest BCUT2D eigenvalue weighted by Crippen LogP contribution is 2.24. The minimum Gasteiger partial charge on any atom is -0.507 e. The average Bonchev–Trinajstić information content (AvgIpc) is 2.80. The van der Waals surface area contributed by atoms with Crippen molar-refractivity contribution in [3.8, 4) is 29.4 Å². The topological polar surface area (TPSA) is 108 Å². The number of phenols is 1. The Morgan fingerprint density at radius 2 is 1.69 bits per heavy atom. The highest BCUT2D eigenvalue weighted by atomic mass is 19.3. The largest absolute Gasteiger partial charge is 0.507 e. The molecule has 0 fully saturated rings. The van der Waals surface area contributed by atoms with Gasteiger partial charge in [-0.05, 0) is 61.1 Å². The second-order valence-corrected chi connectivity index (χ2v) is 6.67. The normalized spacial score (nSPS) is 12.9. The molecule has 0 aromatic heterocycles. The van der Waals surface area contributed by atoms with Crippen molar-refractivity contribution in [3.05, 3.63) is 65.2 Å². The molecule has 2 atom stereocenters. The van der Waals surface area contributed by atoms with Gasteiger partial charge in [-0.1, -0.05) is 18.1 Å². The summed E-state index contributed by atoms with van der Waals surface area (Å²) in [5.74, 6) is 8.65. The number of methoxy groups -OCH3 is 1. The number of rotatable bonds is 6. The van der Waals surface area contributed by atoms with E-state index in [1.54, 1.807) is 18.2 Å². The van der Waals surface area contributed by atoms with Gasteiger partial charge in [0.05, 0.1) is 5.56 Å². The first kappa shape index (κ1) is 24.4. The van der Waals surface area contributed by atoms with Crippen molar-refractivity contribution >= 4 is 11.8 Å². The Bertz CT molecular complexity index is 1100. The Morgan fingerprint density at radius 1 is 1.06 bits per heavy atom. The number of para-hydroxylation sites is 1. The summed E-state index contributed by atoms with van der Waals surface area (Å²) in [4.78, 5) is 24.3. The van der Waals surface area contributed by atoms with Gasteiger partial charge < -0.3 is 15.2 Å². The van der Waals surface area contributed by atoms with Crippen LogP contribution in [0.4, 0.5) is 8.78 Å². The van der Waals surface area contributed by atoms with Crippen LogP contribution in [-0.2, 0) is 9.53 Å².